The zero-order valence-corrected chi connectivity index (χ0v) is 9.40. The molecule has 1 aromatic carbocycles. The van der Waals surface area contributed by atoms with Crippen molar-refractivity contribution in [1.82, 2.24) is 0 Å². The van der Waals surface area contributed by atoms with Crippen molar-refractivity contribution >= 4 is 11.6 Å². The van der Waals surface area contributed by atoms with Crippen LogP contribution in [0.3, 0.4) is 0 Å². The van der Waals surface area contributed by atoms with Crippen molar-refractivity contribution in [3.63, 3.8) is 0 Å². The molecule has 1 unspecified atom stereocenters. The van der Waals surface area contributed by atoms with Crippen molar-refractivity contribution in [2.45, 2.75) is 13.8 Å². The highest BCUT2D eigenvalue weighted by molar-refractivity contribution is 5.92. The SMILES string of the molecule is CC(C)C(CO)C(=O)Nc1ccc(F)cc1. The first-order valence-corrected chi connectivity index (χ1v) is 5.22. The van der Waals surface area contributed by atoms with E-state index in [2.05, 4.69) is 5.32 Å². The number of rotatable bonds is 4. The molecule has 4 heteroatoms. The van der Waals surface area contributed by atoms with E-state index in [0.29, 0.717) is 5.69 Å². The van der Waals surface area contributed by atoms with Crippen LogP contribution in [-0.4, -0.2) is 17.6 Å². The van der Waals surface area contributed by atoms with Gasteiger partial charge in [0.15, 0.2) is 0 Å². The van der Waals surface area contributed by atoms with E-state index in [-0.39, 0.29) is 24.2 Å². The fourth-order valence-electron chi connectivity index (χ4n) is 1.36. The van der Waals surface area contributed by atoms with E-state index in [1.54, 1.807) is 0 Å². The van der Waals surface area contributed by atoms with Crippen LogP contribution >= 0.6 is 0 Å². The molecule has 16 heavy (non-hydrogen) atoms. The second-order valence-corrected chi connectivity index (χ2v) is 4.03. The molecule has 0 heterocycles. The summed E-state index contributed by atoms with van der Waals surface area (Å²) < 4.78 is 12.6. The summed E-state index contributed by atoms with van der Waals surface area (Å²) in [4.78, 5) is 11.7. The summed E-state index contributed by atoms with van der Waals surface area (Å²) in [6, 6.07) is 5.53. The van der Waals surface area contributed by atoms with Crippen molar-refractivity contribution in [1.29, 1.82) is 0 Å². The van der Waals surface area contributed by atoms with E-state index in [0.717, 1.165) is 0 Å². The van der Waals surface area contributed by atoms with Crippen LogP contribution in [0, 0.1) is 17.7 Å². The van der Waals surface area contributed by atoms with Gasteiger partial charge in [0.05, 0.1) is 12.5 Å². The third-order valence-corrected chi connectivity index (χ3v) is 2.45. The number of aliphatic hydroxyl groups excluding tert-OH is 1. The number of carbonyl (C=O) groups is 1. The molecule has 0 saturated heterocycles. The molecule has 1 amide bonds. The maximum absolute atomic E-state index is 12.6. The lowest BCUT2D eigenvalue weighted by Gasteiger charge is -2.17. The summed E-state index contributed by atoms with van der Waals surface area (Å²) in [6.45, 7) is 3.54. The number of benzene rings is 1. The average Bonchev–Trinajstić information content (AvgIpc) is 2.22. The Bertz CT molecular complexity index is 349. The van der Waals surface area contributed by atoms with Crippen molar-refractivity contribution in [3.8, 4) is 0 Å². The van der Waals surface area contributed by atoms with Crippen LogP contribution in [0.1, 0.15) is 13.8 Å². The lowest BCUT2D eigenvalue weighted by molar-refractivity contribution is -0.122. The Balaban J connectivity index is 2.66. The van der Waals surface area contributed by atoms with Crippen LogP contribution in [0.4, 0.5) is 10.1 Å². The van der Waals surface area contributed by atoms with Gasteiger partial charge >= 0.3 is 0 Å². The van der Waals surface area contributed by atoms with Gasteiger partial charge in [-0.05, 0) is 30.2 Å². The highest BCUT2D eigenvalue weighted by atomic mass is 19.1. The third kappa shape index (κ3) is 3.31. The largest absolute Gasteiger partial charge is 0.396 e. The van der Waals surface area contributed by atoms with Crippen LogP contribution in [0.25, 0.3) is 0 Å². The predicted molar refractivity (Wildman–Crippen MR) is 60.4 cm³/mol. The van der Waals surface area contributed by atoms with E-state index in [9.17, 15) is 9.18 Å². The van der Waals surface area contributed by atoms with Gasteiger partial charge in [-0.2, -0.15) is 0 Å². The highest BCUT2D eigenvalue weighted by Gasteiger charge is 2.21. The first kappa shape index (κ1) is 12.6. The Hall–Kier alpha value is -1.42. The number of halogens is 1. The number of hydrogen-bond donors (Lipinski definition) is 2. The van der Waals surface area contributed by atoms with Gasteiger partial charge in [0.1, 0.15) is 5.82 Å². The molecule has 2 N–H and O–H groups in total. The monoisotopic (exact) mass is 225 g/mol. The van der Waals surface area contributed by atoms with Gasteiger partial charge in [0, 0.05) is 5.69 Å². The van der Waals surface area contributed by atoms with Gasteiger partial charge in [-0.15, -0.1) is 0 Å². The lowest BCUT2D eigenvalue weighted by atomic mass is 9.96. The normalized spacial score (nSPS) is 12.6. The number of carbonyl (C=O) groups excluding carboxylic acids is 1. The minimum atomic E-state index is -0.440. The van der Waals surface area contributed by atoms with Crippen molar-refractivity contribution in [2.75, 3.05) is 11.9 Å². The van der Waals surface area contributed by atoms with Gasteiger partial charge in [-0.1, -0.05) is 13.8 Å². The van der Waals surface area contributed by atoms with Gasteiger partial charge < -0.3 is 10.4 Å². The average molecular weight is 225 g/mol. The maximum Gasteiger partial charge on any atom is 0.230 e. The zero-order chi connectivity index (χ0) is 12.1. The fraction of sp³-hybridized carbons (Fsp3) is 0.417. The first-order chi connectivity index (χ1) is 7.54. The zero-order valence-electron chi connectivity index (χ0n) is 9.40. The smallest absolute Gasteiger partial charge is 0.230 e. The Morgan fingerprint density at radius 2 is 1.94 bits per heavy atom. The number of aliphatic hydroxyl groups is 1. The molecule has 88 valence electrons. The van der Waals surface area contributed by atoms with Crippen LogP contribution in [0.15, 0.2) is 24.3 Å². The second-order valence-electron chi connectivity index (χ2n) is 4.03. The van der Waals surface area contributed by atoms with E-state index >= 15 is 0 Å². The molecule has 0 aliphatic carbocycles. The standard InChI is InChI=1S/C12H16FNO2/c1-8(2)11(7-15)12(16)14-10-5-3-9(13)4-6-10/h3-6,8,11,15H,7H2,1-2H3,(H,14,16). The van der Waals surface area contributed by atoms with Crippen molar-refractivity contribution in [3.05, 3.63) is 30.1 Å². The summed E-state index contributed by atoms with van der Waals surface area (Å²) in [5.74, 6) is -0.972. The van der Waals surface area contributed by atoms with Crippen LogP contribution in [0.5, 0.6) is 0 Å². The number of amides is 1. The van der Waals surface area contributed by atoms with E-state index in [1.807, 2.05) is 13.8 Å². The van der Waals surface area contributed by atoms with E-state index in [4.69, 9.17) is 5.11 Å². The summed E-state index contributed by atoms with van der Waals surface area (Å²) in [6.07, 6.45) is 0. The van der Waals surface area contributed by atoms with Crippen molar-refractivity contribution < 1.29 is 14.3 Å². The molecule has 1 atom stereocenters. The van der Waals surface area contributed by atoms with E-state index < -0.39 is 5.92 Å². The summed E-state index contributed by atoms with van der Waals surface area (Å²) in [7, 11) is 0. The van der Waals surface area contributed by atoms with Gasteiger partial charge in [-0.3, -0.25) is 4.79 Å². The van der Waals surface area contributed by atoms with Gasteiger partial charge in [0.25, 0.3) is 0 Å². The second kappa shape index (κ2) is 5.61. The molecule has 0 aliphatic heterocycles. The third-order valence-electron chi connectivity index (χ3n) is 2.45. The fourth-order valence-corrected chi connectivity index (χ4v) is 1.36. The maximum atomic E-state index is 12.6. The molecule has 0 radical (unpaired) electrons. The first-order valence-electron chi connectivity index (χ1n) is 5.22. The molecular formula is C12H16FNO2. The van der Waals surface area contributed by atoms with Gasteiger partial charge in [-0.25, -0.2) is 4.39 Å². The molecule has 1 rings (SSSR count). The molecule has 0 saturated carbocycles. The quantitative estimate of drug-likeness (QED) is 0.823. The summed E-state index contributed by atoms with van der Waals surface area (Å²) >= 11 is 0. The van der Waals surface area contributed by atoms with Gasteiger partial charge in [0.2, 0.25) is 5.91 Å². The Labute approximate surface area is 94.3 Å². The highest BCUT2D eigenvalue weighted by Crippen LogP contribution is 2.14. The molecule has 0 spiro atoms. The lowest BCUT2D eigenvalue weighted by Crippen LogP contribution is -2.29. The molecule has 1 aromatic rings. The minimum Gasteiger partial charge on any atom is -0.396 e. The number of nitrogens with one attached hydrogen (secondary N) is 1. The molecule has 0 aromatic heterocycles. The summed E-state index contributed by atoms with van der Waals surface area (Å²) in [5.41, 5.74) is 0.533. The molecule has 3 nitrogen and oxygen atoms in total. The van der Waals surface area contributed by atoms with Crippen LogP contribution in [-0.2, 0) is 4.79 Å². The Kier molecular flexibility index (Phi) is 4.43. The van der Waals surface area contributed by atoms with Crippen LogP contribution < -0.4 is 5.32 Å². The number of anilines is 1. The van der Waals surface area contributed by atoms with E-state index in [1.165, 1.54) is 24.3 Å². The number of hydrogen-bond acceptors (Lipinski definition) is 2. The summed E-state index contributed by atoms with van der Waals surface area (Å²) in [5, 5.41) is 11.7. The Morgan fingerprint density at radius 1 is 1.38 bits per heavy atom. The molecule has 0 fully saturated rings. The molecule has 0 bridgehead atoms. The Morgan fingerprint density at radius 3 is 2.38 bits per heavy atom. The molecule has 0 aliphatic rings. The van der Waals surface area contributed by atoms with Crippen molar-refractivity contribution in [2.24, 2.45) is 11.8 Å². The molecular weight excluding hydrogens is 209 g/mol. The predicted octanol–water partition coefficient (Wildman–Crippen LogP) is 2.03. The minimum absolute atomic E-state index is 0.0606. The topological polar surface area (TPSA) is 49.3 Å². The van der Waals surface area contributed by atoms with Crippen LogP contribution in [0.2, 0.25) is 0 Å².